The van der Waals surface area contributed by atoms with Crippen LogP contribution in [0.15, 0.2) is 64.4 Å². The summed E-state index contributed by atoms with van der Waals surface area (Å²) in [4.78, 5) is 14.8. The Labute approximate surface area is 181 Å². The zero-order chi connectivity index (χ0) is 21.3. The zero-order valence-corrected chi connectivity index (χ0v) is 17.6. The molecule has 1 unspecified atom stereocenters. The molecular formula is C20H16ClN5O3S. The average molecular weight is 442 g/mol. The van der Waals surface area contributed by atoms with Crippen LogP contribution in [-0.4, -0.2) is 24.7 Å². The van der Waals surface area contributed by atoms with E-state index in [1.165, 1.54) is 23.9 Å². The van der Waals surface area contributed by atoms with Gasteiger partial charge in [0.25, 0.3) is 5.69 Å². The first-order valence-electron chi connectivity index (χ1n) is 8.97. The summed E-state index contributed by atoms with van der Waals surface area (Å²) in [5.41, 5.74) is 2.54. The molecule has 4 rings (SSSR count). The van der Waals surface area contributed by atoms with Crippen molar-refractivity contribution in [2.24, 2.45) is 0 Å². The molecular weight excluding hydrogens is 426 g/mol. The smallest absolute Gasteiger partial charge is 0.269 e. The van der Waals surface area contributed by atoms with Crippen LogP contribution in [0.3, 0.4) is 0 Å². The topological polar surface area (TPSA) is 99.9 Å². The van der Waals surface area contributed by atoms with Crippen molar-refractivity contribution >= 4 is 29.1 Å². The van der Waals surface area contributed by atoms with Crippen LogP contribution < -0.4 is 0 Å². The van der Waals surface area contributed by atoms with Crippen LogP contribution in [0, 0.1) is 17.0 Å². The summed E-state index contributed by atoms with van der Waals surface area (Å²) in [6.07, 6.45) is 3.61. The van der Waals surface area contributed by atoms with Gasteiger partial charge in [-0.15, -0.1) is 10.2 Å². The minimum atomic E-state index is -0.453. The summed E-state index contributed by atoms with van der Waals surface area (Å²) in [6, 6.07) is 11.7. The molecule has 2 aromatic heterocycles. The highest BCUT2D eigenvalue weighted by molar-refractivity contribution is 7.99. The molecule has 0 N–H and O–H groups in total. The second kappa shape index (κ2) is 8.29. The Morgan fingerprint density at radius 2 is 1.97 bits per heavy atom. The van der Waals surface area contributed by atoms with Crippen LogP contribution in [0.2, 0.25) is 5.02 Å². The summed E-state index contributed by atoms with van der Waals surface area (Å²) in [7, 11) is 0. The van der Waals surface area contributed by atoms with E-state index in [1.54, 1.807) is 18.3 Å². The largest absolute Gasteiger partial charge is 0.419 e. The molecule has 0 fully saturated rings. The van der Waals surface area contributed by atoms with E-state index in [1.807, 2.05) is 42.8 Å². The van der Waals surface area contributed by atoms with Crippen LogP contribution in [-0.2, 0) is 0 Å². The number of thioether (sulfide) groups is 1. The molecule has 0 aliphatic rings. The first kappa shape index (κ1) is 20.1. The molecule has 2 aromatic carbocycles. The lowest BCUT2D eigenvalue weighted by atomic mass is 10.2. The van der Waals surface area contributed by atoms with Crippen LogP contribution in [0.1, 0.15) is 23.6 Å². The average Bonchev–Trinajstić information content (AvgIpc) is 3.40. The van der Waals surface area contributed by atoms with Crippen LogP contribution >= 0.6 is 23.4 Å². The molecule has 30 heavy (non-hydrogen) atoms. The number of nitro groups is 1. The molecule has 0 spiro atoms. The van der Waals surface area contributed by atoms with Gasteiger partial charge < -0.3 is 4.42 Å². The van der Waals surface area contributed by atoms with Gasteiger partial charge in [0.2, 0.25) is 11.8 Å². The Bertz CT molecular complexity index is 1210. The van der Waals surface area contributed by atoms with E-state index in [9.17, 15) is 10.1 Å². The van der Waals surface area contributed by atoms with Crippen LogP contribution in [0.4, 0.5) is 5.69 Å². The lowest BCUT2D eigenvalue weighted by Gasteiger charge is -2.13. The second-order valence-corrected chi connectivity index (χ2v) is 8.19. The van der Waals surface area contributed by atoms with E-state index in [0.717, 1.165) is 16.4 Å². The standard InChI is InChI=1S/C20H16ClN5O3S/c1-12-16(21)4-3-5-17(12)25-11-10-22-20(25)30-13(2)18-23-24-19(29-18)14-6-8-15(9-7-14)26(27)28/h3-11,13H,1-2H3. The summed E-state index contributed by atoms with van der Waals surface area (Å²) in [5, 5.41) is 20.3. The van der Waals surface area contributed by atoms with Crippen molar-refractivity contribution in [2.75, 3.05) is 0 Å². The fourth-order valence-corrected chi connectivity index (χ4v) is 3.94. The first-order valence-corrected chi connectivity index (χ1v) is 10.2. The minimum Gasteiger partial charge on any atom is -0.419 e. The van der Waals surface area contributed by atoms with Crippen molar-refractivity contribution in [3.05, 3.63) is 81.4 Å². The maximum absolute atomic E-state index is 10.8. The van der Waals surface area contributed by atoms with Gasteiger partial charge in [0.1, 0.15) is 0 Å². The van der Waals surface area contributed by atoms with Gasteiger partial charge in [-0.25, -0.2) is 4.98 Å². The van der Waals surface area contributed by atoms with Gasteiger partial charge in [-0.05, 0) is 43.7 Å². The fourth-order valence-electron chi connectivity index (χ4n) is 2.87. The molecule has 4 aromatic rings. The van der Waals surface area contributed by atoms with Crippen molar-refractivity contribution < 1.29 is 9.34 Å². The highest BCUT2D eigenvalue weighted by Crippen LogP contribution is 2.36. The molecule has 0 bridgehead atoms. The number of hydrogen-bond donors (Lipinski definition) is 0. The number of benzene rings is 2. The lowest BCUT2D eigenvalue weighted by molar-refractivity contribution is -0.384. The third kappa shape index (κ3) is 3.94. The number of hydrogen-bond acceptors (Lipinski definition) is 7. The molecule has 2 heterocycles. The molecule has 0 saturated carbocycles. The van der Waals surface area contributed by atoms with Gasteiger partial charge in [0, 0.05) is 35.1 Å². The highest BCUT2D eigenvalue weighted by Gasteiger charge is 2.20. The Kier molecular flexibility index (Phi) is 5.56. The Balaban J connectivity index is 1.55. The normalized spacial score (nSPS) is 12.1. The maximum Gasteiger partial charge on any atom is 0.269 e. The van der Waals surface area contributed by atoms with Gasteiger partial charge in [-0.2, -0.15) is 0 Å². The SMILES string of the molecule is Cc1c(Cl)cccc1-n1ccnc1SC(C)c1nnc(-c2ccc([N+](=O)[O-])cc2)o1. The van der Waals surface area contributed by atoms with Crippen molar-refractivity contribution in [1.82, 2.24) is 19.7 Å². The zero-order valence-electron chi connectivity index (χ0n) is 16.0. The van der Waals surface area contributed by atoms with Crippen molar-refractivity contribution in [1.29, 1.82) is 0 Å². The third-order valence-corrected chi connectivity index (χ3v) is 5.98. The molecule has 0 radical (unpaired) electrons. The molecule has 10 heteroatoms. The van der Waals surface area contributed by atoms with Crippen LogP contribution in [0.25, 0.3) is 17.1 Å². The Morgan fingerprint density at radius 3 is 2.70 bits per heavy atom. The quantitative estimate of drug-likeness (QED) is 0.216. The van der Waals surface area contributed by atoms with Gasteiger partial charge >= 0.3 is 0 Å². The number of rotatable bonds is 6. The maximum atomic E-state index is 10.8. The molecule has 8 nitrogen and oxygen atoms in total. The van der Waals surface area contributed by atoms with Gasteiger partial charge in [0.15, 0.2) is 5.16 Å². The predicted octanol–water partition coefficient (Wildman–Crippen LogP) is 5.65. The van der Waals surface area contributed by atoms with Gasteiger partial charge in [0.05, 0.1) is 15.9 Å². The first-order chi connectivity index (χ1) is 14.4. The van der Waals surface area contributed by atoms with Crippen LogP contribution in [0.5, 0.6) is 0 Å². The second-order valence-electron chi connectivity index (χ2n) is 6.47. The molecule has 0 aliphatic carbocycles. The number of aromatic nitrogens is 4. The van der Waals surface area contributed by atoms with Crippen molar-refractivity contribution in [3.8, 4) is 17.1 Å². The number of nitro benzene ring substituents is 1. The third-order valence-electron chi connectivity index (χ3n) is 4.50. The number of nitrogens with zero attached hydrogens (tertiary/aromatic N) is 5. The lowest BCUT2D eigenvalue weighted by Crippen LogP contribution is -2.00. The number of imidazole rings is 1. The van der Waals surface area contributed by atoms with E-state index < -0.39 is 4.92 Å². The molecule has 0 aliphatic heterocycles. The predicted molar refractivity (Wildman–Crippen MR) is 114 cm³/mol. The molecule has 0 saturated heterocycles. The Morgan fingerprint density at radius 1 is 1.20 bits per heavy atom. The minimum absolute atomic E-state index is 0.00515. The summed E-state index contributed by atoms with van der Waals surface area (Å²) in [6.45, 7) is 3.91. The fraction of sp³-hybridized carbons (Fsp3) is 0.150. The van der Waals surface area contributed by atoms with Crippen molar-refractivity contribution in [3.63, 3.8) is 0 Å². The molecule has 1 atom stereocenters. The number of halogens is 1. The summed E-state index contributed by atoms with van der Waals surface area (Å²) < 4.78 is 7.77. The number of non-ortho nitro benzene ring substituents is 1. The van der Waals surface area contributed by atoms with Gasteiger partial charge in [-0.3, -0.25) is 14.7 Å². The van der Waals surface area contributed by atoms with E-state index in [2.05, 4.69) is 15.2 Å². The summed E-state index contributed by atoms with van der Waals surface area (Å²) in [5.74, 6) is 0.743. The highest BCUT2D eigenvalue weighted by atomic mass is 35.5. The van der Waals surface area contributed by atoms with E-state index >= 15 is 0 Å². The molecule has 152 valence electrons. The van der Waals surface area contributed by atoms with E-state index in [0.29, 0.717) is 22.4 Å². The van der Waals surface area contributed by atoms with E-state index in [-0.39, 0.29) is 10.9 Å². The van der Waals surface area contributed by atoms with Gasteiger partial charge in [-0.1, -0.05) is 29.4 Å². The summed E-state index contributed by atoms with van der Waals surface area (Å²) >= 11 is 7.74. The van der Waals surface area contributed by atoms with E-state index in [4.69, 9.17) is 16.0 Å². The monoisotopic (exact) mass is 441 g/mol. The Hall–Kier alpha value is -3.17. The van der Waals surface area contributed by atoms with Crippen molar-refractivity contribution in [2.45, 2.75) is 24.3 Å². The molecule has 0 amide bonds.